The maximum absolute atomic E-state index is 12.2. The zero-order valence-corrected chi connectivity index (χ0v) is 15.2. The van der Waals surface area contributed by atoms with E-state index < -0.39 is 0 Å². The summed E-state index contributed by atoms with van der Waals surface area (Å²) in [6.07, 6.45) is 3.50. The molecular weight excluding hydrogens is 342 g/mol. The fourth-order valence-electron chi connectivity index (χ4n) is 2.73. The van der Waals surface area contributed by atoms with E-state index in [2.05, 4.69) is 5.10 Å². The molecule has 1 aromatic heterocycles. The Morgan fingerprint density at radius 3 is 2.68 bits per heavy atom. The first-order valence-electron chi connectivity index (χ1n) is 8.20. The Morgan fingerprint density at radius 2 is 2.08 bits per heavy atom. The second-order valence-corrected chi connectivity index (χ2v) is 6.62. The van der Waals surface area contributed by atoms with Crippen molar-refractivity contribution in [1.29, 1.82) is 0 Å². The number of benzene rings is 1. The van der Waals surface area contributed by atoms with Crippen LogP contribution in [0.15, 0.2) is 24.4 Å². The lowest BCUT2D eigenvalue weighted by Crippen LogP contribution is -2.22. The molecule has 0 N–H and O–H groups in total. The van der Waals surface area contributed by atoms with Gasteiger partial charge in [-0.3, -0.25) is 4.79 Å². The van der Waals surface area contributed by atoms with E-state index in [0.717, 1.165) is 18.5 Å². The molecule has 2 aromatic rings. The summed E-state index contributed by atoms with van der Waals surface area (Å²) in [5, 5.41) is 4.83. The molecule has 1 aromatic carbocycles. The minimum Gasteiger partial charge on any atom is -0.462 e. The Hall–Kier alpha value is -2.34. The second-order valence-electron chi connectivity index (χ2n) is 6.22. The van der Waals surface area contributed by atoms with E-state index in [1.807, 2.05) is 0 Å². The minimum atomic E-state index is -0.382. The molecule has 3 rings (SSSR count). The molecule has 0 bridgehead atoms. The van der Waals surface area contributed by atoms with Gasteiger partial charge in [0, 0.05) is 25.6 Å². The largest absolute Gasteiger partial charge is 0.462 e. The van der Waals surface area contributed by atoms with Crippen LogP contribution < -0.4 is 0 Å². The fraction of sp³-hybridized carbons (Fsp3) is 0.389. The van der Waals surface area contributed by atoms with Gasteiger partial charge in [0.2, 0.25) is 0 Å². The van der Waals surface area contributed by atoms with Crippen LogP contribution in [-0.4, -0.2) is 47.3 Å². The molecule has 0 aliphatic heterocycles. The average Bonchev–Trinajstić information content (AvgIpc) is 3.33. The van der Waals surface area contributed by atoms with Gasteiger partial charge in [0.25, 0.3) is 5.91 Å². The van der Waals surface area contributed by atoms with Crippen LogP contribution in [0.4, 0.5) is 0 Å². The van der Waals surface area contributed by atoms with Crippen LogP contribution in [0, 0.1) is 0 Å². The van der Waals surface area contributed by atoms with Crippen LogP contribution in [0.5, 0.6) is 0 Å². The first-order chi connectivity index (χ1) is 11.9. The number of ether oxygens (including phenoxy) is 1. The number of hydrogen-bond donors (Lipinski definition) is 0. The summed E-state index contributed by atoms with van der Waals surface area (Å²) in [5.74, 6) is -0.248. The van der Waals surface area contributed by atoms with Crippen molar-refractivity contribution in [2.45, 2.75) is 25.7 Å². The van der Waals surface area contributed by atoms with Crippen molar-refractivity contribution in [1.82, 2.24) is 14.7 Å². The van der Waals surface area contributed by atoms with Crippen molar-refractivity contribution in [3.63, 3.8) is 0 Å². The van der Waals surface area contributed by atoms with Gasteiger partial charge in [-0.2, -0.15) is 5.10 Å². The highest BCUT2D eigenvalue weighted by Crippen LogP contribution is 2.43. The van der Waals surface area contributed by atoms with Crippen molar-refractivity contribution in [3.8, 4) is 5.69 Å². The number of halogens is 1. The highest BCUT2D eigenvalue weighted by molar-refractivity contribution is 6.32. The number of esters is 1. The molecule has 7 heteroatoms. The molecule has 132 valence electrons. The zero-order chi connectivity index (χ0) is 18.1. The second kappa shape index (κ2) is 6.88. The minimum absolute atomic E-state index is 0.122. The fourth-order valence-corrected chi connectivity index (χ4v) is 2.93. The Bertz CT molecular complexity index is 825. The van der Waals surface area contributed by atoms with Gasteiger partial charge in [-0.05, 0) is 38.0 Å². The predicted octanol–water partition coefficient (Wildman–Crippen LogP) is 3.28. The molecule has 0 radical (unpaired) electrons. The SMILES string of the molecule is CCOC(=O)c1cnn(-c2cc(C(=O)N(C)C)ccc2Cl)c1C1CC1. The van der Waals surface area contributed by atoms with Gasteiger partial charge in [0.15, 0.2) is 0 Å². The lowest BCUT2D eigenvalue weighted by Gasteiger charge is -2.14. The highest BCUT2D eigenvalue weighted by atomic mass is 35.5. The Kier molecular flexibility index (Phi) is 4.81. The normalized spacial score (nSPS) is 13.6. The molecule has 1 aliphatic rings. The molecule has 1 amide bonds. The third-order valence-corrected chi connectivity index (χ3v) is 4.41. The smallest absolute Gasteiger partial charge is 0.341 e. The maximum Gasteiger partial charge on any atom is 0.341 e. The van der Waals surface area contributed by atoms with E-state index >= 15 is 0 Å². The molecule has 25 heavy (non-hydrogen) atoms. The van der Waals surface area contributed by atoms with Crippen molar-refractivity contribution >= 4 is 23.5 Å². The number of rotatable bonds is 5. The van der Waals surface area contributed by atoms with Gasteiger partial charge in [0.05, 0.1) is 29.2 Å². The van der Waals surface area contributed by atoms with Crippen LogP contribution in [0.25, 0.3) is 5.69 Å². The molecule has 1 aliphatic carbocycles. The van der Waals surface area contributed by atoms with Crippen LogP contribution >= 0.6 is 11.6 Å². The standard InChI is InChI=1S/C18H20ClN3O3/c1-4-25-18(24)13-10-20-22(16(13)11-5-6-11)15-9-12(7-8-14(15)19)17(23)21(2)3/h7-11H,4-6H2,1-3H3. The summed E-state index contributed by atoms with van der Waals surface area (Å²) in [7, 11) is 3.39. The number of carbonyl (C=O) groups is 2. The third kappa shape index (κ3) is 3.39. The van der Waals surface area contributed by atoms with Gasteiger partial charge >= 0.3 is 5.97 Å². The van der Waals surface area contributed by atoms with Gasteiger partial charge in [0.1, 0.15) is 5.56 Å². The number of hydrogen-bond acceptors (Lipinski definition) is 4. The number of carbonyl (C=O) groups excluding carboxylic acids is 2. The van der Waals surface area contributed by atoms with Gasteiger partial charge in [-0.1, -0.05) is 11.6 Å². The molecule has 1 fully saturated rings. The van der Waals surface area contributed by atoms with E-state index in [9.17, 15) is 9.59 Å². The molecule has 0 atom stereocenters. The van der Waals surface area contributed by atoms with E-state index in [4.69, 9.17) is 16.3 Å². The quantitative estimate of drug-likeness (QED) is 0.766. The Balaban J connectivity index is 2.09. The Morgan fingerprint density at radius 1 is 1.36 bits per heavy atom. The third-order valence-electron chi connectivity index (χ3n) is 4.09. The van der Waals surface area contributed by atoms with Crippen molar-refractivity contribution in [2.24, 2.45) is 0 Å². The van der Waals surface area contributed by atoms with Crippen LogP contribution in [-0.2, 0) is 4.74 Å². The van der Waals surface area contributed by atoms with E-state index in [1.165, 1.54) is 11.1 Å². The van der Waals surface area contributed by atoms with Crippen LogP contribution in [0.2, 0.25) is 5.02 Å². The summed E-state index contributed by atoms with van der Waals surface area (Å²) in [6.45, 7) is 2.08. The molecule has 0 spiro atoms. The topological polar surface area (TPSA) is 64.4 Å². The maximum atomic E-state index is 12.2. The summed E-state index contributed by atoms with van der Waals surface area (Å²) in [6, 6.07) is 5.06. The summed E-state index contributed by atoms with van der Waals surface area (Å²) < 4.78 is 6.80. The van der Waals surface area contributed by atoms with E-state index in [-0.39, 0.29) is 17.8 Å². The van der Waals surface area contributed by atoms with Crippen LogP contribution in [0.1, 0.15) is 52.1 Å². The first kappa shape index (κ1) is 17.5. The molecule has 6 nitrogen and oxygen atoms in total. The van der Waals surface area contributed by atoms with Crippen LogP contribution in [0.3, 0.4) is 0 Å². The lowest BCUT2D eigenvalue weighted by atomic mass is 10.1. The summed E-state index contributed by atoms with van der Waals surface area (Å²) in [4.78, 5) is 26.0. The number of amides is 1. The molecule has 1 heterocycles. The predicted molar refractivity (Wildman–Crippen MR) is 94.5 cm³/mol. The zero-order valence-electron chi connectivity index (χ0n) is 14.5. The Labute approximate surface area is 151 Å². The van der Waals surface area contributed by atoms with E-state index in [0.29, 0.717) is 28.4 Å². The van der Waals surface area contributed by atoms with Crippen molar-refractivity contribution < 1.29 is 14.3 Å². The summed E-state index contributed by atoms with van der Waals surface area (Å²) in [5.41, 5.74) is 2.37. The van der Waals surface area contributed by atoms with Crippen molar-refractivity contribution in [3.05, 3.63) is 46.2 Å². The number of aromatic nitrogens is 2. The van der Waals surface area contributed by atoms with Gasteiger partial charge in [-0.15, -0.1) is 0 Å². The van der Waals surface area contributed by atoms with Gasteiger partial charge in [-0.25, -0.2) is 9.48 Å². The molecule has 0 saturated heterocycles. The number of nitrogens with zero attached hydrogens (tertiary/aromatic N) is 3. The van der Waals surface area contributed by atoms with Gasteiger partial charge < -0.3 is 9.64 Å². The monoisotopic (exact) mass is 361 g/mol. The van der Waals surface area contributed by atoms with Crippen molar-refractivity contribution in [2.75, 3.05) is 20.7 Å². The summed E-state index contributed by atoms with van der Waals surface area (Å²) >= 11 is 6.36. The molecular formula is C18H20ClN3O3. The van der Waals surface area contributed by atoms with E-state index in [1.54, 1.807) is 43.9 Å². The first-order valence-corrected chi connectivity index (χ1v) is 8.58. The lowest BCUT2D eigenvalue weighted by molar-refractivity contribution is 0.0524. The molecule has 0 unspecified atom stereocenters. The average molecular weight is 362 g/mol. The molecule has 1 saturated carbocycles. The highest BCUT2D eigenvalue weighted by Gasteiger charge is 2.34.